The molecule has 1 aliphatic carbocycles. The SMILES string of the molecule is FC(F)(F)C(F)(F)CCc1ccc(-c2ncccc2SCC2CC2)nc1. The number of rotatable bonds is 7. The van der Waals surface area contributed by atoms with Crippen LogP contribution in [0, 0.1) is 5.92 Å². The fourth-order valence-electron chi connectivity index (χ4n) is 2.35. The third kappa shape index (κ3) is 4.72. The molecule has 26 heavy (non-hydrogen) atoms. The molecule has 0 unspecified atom stereocenters. The number of aryl methyl sites for hydroxylation is 1. The van der Waals surface area contributed by atoms with Crippen LogP contribution in [0.15, 0.2) is 41.6 Å². The minimum Gasteiger partial charge on any atom is -0.254 e. The molecule has 1 fully saturated rings. The number of pyridine rings is 2. The van der Waals surface area contributed by atoms with Gasteiger partial charge in [0.15, 0.2) is 0 Å². The minimum absolute atomic E-state index is 0.334. The van der Waals surface area contributed by atoms with E-state index < -0.39 is 24.9 Å². The average molecular weight is 388 g/mol. The van der Waals surface area contributed by atoms with Gasteiger partial charge in [-0.3, -0.25) is 9.97 Å². The highest BCUT2D eigenvalue weighted by Gasteiger charge is 2.56. The molecule has 140 valence electrons. The molecule has 0 bridgehead atoms. The maximum Gasteiger partial charge on any atom is 0.453 e. The second-order valence-corrected chi connectivity index (χ2v) is 7.42. The smallest absolute Gasteiger partial charge is 0.254 e. The summed E-state index contributed by atoms with van der Waals surface area (Å²) >= 11 is 1.71. The van der Waals surface area contributed by atoms with Crippen LogP contribution in [0.1, 0.15) is 24.8 Å². The highest BCUT2D eigenvalue weighted by atomic mass is 32.2. The summed E-state index contributed by atoms with van der Waals surface area (Å²) in [6.45, 7) is 0. The molecule has 2 heterocycles. The summed E-state index contributed by atoms with van der Waals surface area (Å²) in [6.07, 6.45) is -1.73. The second-order valence-electron chi connectivity index (χ2n) is 6.36. The molecule has 2 aromatic heterocycles. The van der Waals surface area contributed by atoms with Crippen molar-refractivity contribution >= 4 is 11.8 Å². The van der Waals surface area contributed by atoms with Crippen LogP contribution in [-0.4, -0.2) is 27.8 Å². The van der Waals surface area contributed by atoms with Gasteiger partial charge in [0, 0.05) is 29.5 Å². The summed E-state index contributed by atoms with van der Waals surface area (Å²) < 4.78 is 62.7. The molecule has 0 spiro atoms. The van der Waals surface area contributed by atoms with E-state index in [1.807, 2.05) is 12.1 Å². The average Bonchev–Trinajstić information content (AvgIpc) is 3.42. The predicted molar refractivity (Wildman–Crippen MR) is 90.2 cm³/mol. The number of alkyl halides is 5. The molecule has 0 aromatic carbocycles. The Morgan fingerprint density at radius 2 is 1.81 bits per heavy atom. The molecule has 0 saturated heterocycles. The van der Waals surface area contributed by atoms with Crippen LogP contribution in [0.4, 0.5) is 22.0 Å². The first kappa shape index (κ1) is 19.1. The summed E-state index contributed by atoms with van der Waals surface area (Å²) in [5.41, 5.74) is 1.61. The number of aromatic nitrogens is 2. The van der Waals surface area contributed by atoms with Gasteiger partial charge in [0.1, 0.15) is 5.69 Å². The molecule has 0 atom stereocenters. The Morgan fingerprint density at radius 1 is 1.04 bits per heavy atom. The Kier molecular flexibility index (Phi) is 5.50. The van der Waals surface area contributed by atoms with Crippen LogP contribution >= 0.6 is 11.8 Å². The normalized spacial score (nSPS) is 15.3. The van der Waals surface area contributed by atoms with E-state index in [0.717, 1.165) is 16.6 Å². The molecule has 3 rings (SSSR count). The van der Waals surface area contributed by atoms with Crippen LogP contribution in [0.3, 0.4) is 0 Å². The quantitative estimate of drug-likeness (QED) is 0.444. The van der Waals surface area contributed by atoms with E-state index in [4.69, 9.17) is 0 Å². The van der Waals surface area contributed by atoms with Gasteiger partial charge in [-0.2, -0.15) is 22.0 Å². The zero-order chi connectivity index (χ0) is 18.8. The van der Waals surface area contributed by atoms with Crippen LogP contribution in [0.25, 0.3) is 11.4 Å². The molecule has 0 N–H and O–H groups in total. The van der Waals surface area contributed by atoms with Gasteiger partial charge in [0.05, 0.1) is 5.69 Å². The number of halogens is 5. The van der Waals surface area contributed by atoms with Gasteiger partial charge in [-0.1, -0.05) is 6.07 Å². The van der Waals surface area contributed by atoms with Crippen molar-refractivity contribution in [3.05, 3.63) is 42.2 Å². The van der Waals surface area contributed by atoms with Gasteiger partial charge in [-0.05, 0) is 48.9 Å². The summed E-state index contributed by atoms with van der Waals surface area (Å²) in [5, 5.41) is 0. The molecular formula is C18H17F5N2S. The lowest BCUT2D eigenvalue weighted by molar-refractivity contribution is -0.284. The third-order valence-corrected chi connectivity index (χ3v) is 5.43. The molecule has 2 nitrogen and oxygen atoms in total. The lowest BCUT2D eigenvalue weighted by Crippen LogP contribution is -2.36. The minimum atomic E-state index is -5.53. The Bertz CT molecular complexity index is 742. The largest absolute Gasteiger partial charge is 0.453 e. The second kappa shape index (κ2) is 7.50. The lowest BCUT2D eigenvalue weighted by atomic mass is 10.1. The van der Waals surface area contributed by atoms with Crippen molar-refractivity contribution in [2.45, 2.75) is 42.7 Å². The van der Waals surface area contributed by atoms with Gasteiger partial charge in [0.2, 0.25) is 0 Å². The first-order valence-corrected chi connectivity index (χ1v) is 9.22. The van der Waals surface area contributed by atoms with Crippen molar-refractivity contribution in [3.63, 3.8) is 0 Å². The fourth-order valence-corrected chi connectivity index (χ4v) is 3.56. The van der Waals surface area contributed by atoms with Crippen molar-refractivity contribution in [1.29, 1.82) is 0 Å². The first-order chi connectivity index (χ1) is 12.3. The molecular weight excluding hydrogens is 371 g/mol. The summed E-state index contributed by atoms with van der Waals surface area (Å²) in [5.74, 6) is -2.93. The van der Waals surface area contributed by atoms with Crippen molar-refractivity contribution < 1.29 is 22.0 Å². The van der Waals surface area contributed by atoms with Gasteiger partial charge in [0.25, 0.3) is 0 Å². The van der Waals surface area contributed by atoms with Gasteiger partial charge in [-0.15, -0.1) is 11.8 Å². The topological polar surface area (TPSA) is 25.8 Å². The van der Waals surface area contributed by atoms with E-state index in [2.05, 4.69) is 9.97 Å². The molecule has 1 saturated carbocycles. The van der Waals surface area contributed by atoms with Crippen molar-refractivity contribution in [3.8, 4) is 11.4 Å². The standard InChI is InChI=1S/C18H17F5N2S/c19-17(20,18(21,22)23)8-7-12-5-6-14(25-10-12)16-15(2-1-9-24-16)26-11-13-3-4-13/h1-2,5-6,9-10,13H,3-4,7-8,11H2. The summed E-state index contributed by atoms with van der Waals surface area (Å²) in [7, 11) is 0. The zero-order valence-corrected chi connectivity index (χ0v) is 14.6. The van der Waals surface area contributed by atoms with Crippen molar-refractivity contribution in [2.24, 2.45) is 5.92 Å². The van der Waals surface area contributed by atoms with E-state index in [1.165, 1.54) is 25.1 Å². The maximum atomic E-state index is 13.0. The van der Waals surface area contributed by atoms with E-state index >= 15 is 0 Å². The van der Waals surface area contributed by atoms with E-state index in [1.54, 1.807) is 24.0 Å². The van der Waals surface area contributed by atoms with Crippen LogP contribution in [0.2, 0.25) is 0 Å². The predicted octanol–water partition coefficient (Wildman–Crippen LogP) is 5.78. The molecule has 1 aliphatic rings. The molecule has 2 aromatic rings. The van der Waals surface area contributed by atoms with E-state index in [-0.39, 0.29) is 0 Å². The first-order valence-electron chi connectivity index (χ1n) is 8.24. The Balaban J connectivity index is 1.68. The monoisotopic (exact) mass is 388 g/mol. The van der Waals surface area contributed by atoms with Crippen LogP contribution < -0.4 is 0 Å². The number of hydrogen-bond donors (Lipinski definition) is 0. The van der Waals surface area contributed by atoms with Crippen molar-refractivity contribution in [1.82, 2.24) is 9.97 Å². The Hall–Kier alpha value is -1.70. The highest BCUT2D eigenvalue weighted by molar-refractivity contribution is 7.99. The van der Waals surface area contributed by atoms with Crippen LogP contribution in [0.5, 0.6) is 0 Å². The van der Waals surface area contributed by atoms with E-state index in [9.17, 15) is 22.0 Å². The third-order valence-electron chi connectivity index (χ3n) is 4.15. The molecule has 0 radical (unpaired) electrons. The number of nitrogens with zero attached hydrogens (tertiary/aromatic N) is 2. The number of hydrogen-bond acceptors (Lipinski definition) is 3. The Labute approximate surface area is 152 Å². The van der Waals surface area contributed by atoms with Gasteiger partial charge < -0.3 is 0 Å². The van der Waals surface area contributed by atoms with E-state index in [0.29, 0.717) is 17.0 Å². The Morgan fingerprint density at radius 3 is 2.42 bits per heavy atom. The van der Waals surface area contributed by atoms with Gasteiger partial charge in [-0.25, -0.2) is 0 Å². The molecule has 8 heteroatoms. The van der Waals surface area contributed by atoms with Gasteiger partial charge >= 0.3 is 12.1 Å². The fraction of sp³-hybridized carbons (Fsp3) is 0.444. The highest BCUT2D eigenvalue weighted by Crippen LogP contribution is 2.39. The number of thioether (sulfide) groups is 1. The molecule has 0 amide bonds. The lowest BCUT2D eigenvalue weighted by Gasteiger charge is -2.19. The molecule has 0 aliphatic heterocycles. The van der Waals surface area contributed by atoms with Crippen molar-refractivity contribution in [2.75, 3.05) is 5.75 Å². The summed E-state index contributed by atoms with van der Waals surface area (Å²) in [6, 6.07) is 6.94. The van der Waals surface area contributed by atoms with Crippen LogP contribution in [-0.2, 0) is 6.42 Å². The summed E-state index contributed by atoms with van der Waals surface area (Å²) in [4.78, 5) is 9.54. The maximum absolute atomic E-state index is 13.0. The zero-order valence-electron chi connectivity index (χ0n) is 13.8.